The van der Waals surface area contributed by atoms with Crippen molar-refractivity contribution in [3.8, 4) is 11.5 Å². The van der Waals surface area contributed by atoms with E-state index in [-0.39, 0.29) is 18.7 Å². The van der Waals surface area contributed by atoms with Crippen LogP contribution < -0.4 is 10.0 Å². The van der Waals surface area contributed by atoms with Crippen LogP contribution in [0.15, 0.2) is 88.4 Å². The van der Waals surface area contributed by atoms with Crippen LogP contribution >= 0.6 is 0 Å². The Bertz CT molecular complexity index is 1470. The van der Waals surface area contributed by atoms with Crippen molar-refractivity contribution in [2.24, 2.45) is 0 Å². The number of halogens is 4. The van der Waals surface area contributed by atoms with E-state index in [4.69, 9.17) is 4.42 Å². The van der Waals surface area contributed by atoms with E-state index in [0.717, 1.165) is 17.7 Å². The van der Waals surface area contributed by atoms with Gasteiger partial charge in [-0.3, -0.25) is 0 Å². The molecule has 4 aromatic rings. The lowest BCUT2D eigenvalue weighted by atomic mass is 10.1. The molecule has 1 atom stereocenters. The molecular formula is C26H23F4N3O4S. The zero-order valence-corrected chi connectivity index (χ0v) is 20.6. The molecular weight excluding hydrogens is 526 g/mol. The number of sulfonamides is 1. The van der Waals surface area contributed by atoms with Gasteiger partial charge < -0.3 is 14.8 Å². The van der Waals surface area contributed by atoms with Crippen LogP contribution in [0.3, 0.4) is 0 Å². The molecule has 0 aliphatic carbocycles. The lowest BCUT2D eigenvalue weighted by Gasteiger charge is -2.17. The minimum Gasteiger partial charge on any atom is -0.444 e. The lowest BCUT2D eigenvalue weighted by Crippen LogP contribution is -2.33. The van der Waals surface area contributed by atoms with Gasteiger partial charge in [-0.15, -0.1) is 0 Å². The SMILES string of the molecule is O=S(=O)(NCC(O)Cc1ccc(F)cc1)c1cc(C(F)(F)F)ccc1NCc1coc(-c2ccccc2)n1. The molecule has 3 aromatic carbocycles. The van der Waals surface area contributed by atoms with Gasteiger partial charge in [-0.25, -0.2) is 22.5 Å². The lowest BCUT2D eigenvalue weighted by molar-refractivity contribution is -0.137. The Morgan fingerprint density at radius 1 is 1.00 bits per heavy atom. The van der Waals surface area contributed by atoms with Crippen LogP contribution in [0.4, 0.5) is 23.2 Å². The molecule has 1 unspecified atom stereocenters. The van der Waals surface area contributed by atoms with Crippen LogP contribution in [-0.4, -0.2) is 31.2 Å². The molecule has 1 heterocycles. The number of alkyl halides is 3. The maximum atomic E-state index is 13.4. The van der Waals surface area contributed by atoms with Crippen LogP contribution in [0.25, 0.3) is 11.5 Å². The Morgan fingerprint density at radius 3 is 2.39 bits per heavy atom. The van der Waals surface area contributed by atoms with Crippen LogP contribution in [-0.2, 0) is 29.2 Å². The van der Waals surface area contributed by atoms with E-state index in [2.05, 4.69) is 15.0 Å². The molecule has 0 amide bonds. The van der Waals surface area contributed by atoms with Gasteiger partial charge in [-0.1, -0.05) is 30.3 Å². The van der Waals surface area contributed by atoms with Gasteiger partial charge in [-0.05, 0) is 54.4 Å². The normalized spacial score (nSPS) is 12.9. The highest BCUT2D eigenvalue weighted by molar-refractivity contribution is 7.89. The second-order valence-electron chi connectivity index (χ2n) is 8.41. The van der Waals surface area contributed by atoms with E-state index in [1.807, 2.05) is 6.07 Å². The van der Waals surface area contributed by atoms with Crippen molar-refractivity contribution < 1.29 is 35.5 Å². The molecule has 1 aromatic heterocycles. The largest absolute Gasteiger partial charge is 0.444 e. The molecule has 200 valence electrons. The summed E-state index contributed by atoms with van der Waals surface area (Å²) in [5.74, 6) is -0.130. The summed E-state index contributed by atoms with van der Waals surface area (Å²) in [6.07, 6.45) is -4.62. The van der Waals surface area contributed by atoms with Gasteiger partial charge in [0, 0.05) is 12.1 Å². The maximum Gasteiger partial charge on any atom is 0.416 e. The summed E-state index contributed by atoms with van der Waals surface area (Å²) in [5.41, 5.74) is 0.433. The Kier molecular flexibility index (Phi) is 8.14. The van der Waals surface area contributed by atoms with E-state index < -0.39 is 45.1 Å². The number of rotatable bonds is 10. The Hall–Kier alpha value is -3.74. The summed E-state index contributed by atoms with van der Waals surface area (Å²) >= 11 is 0. The van der Waals surface area contributed by atoms with E-state index in [1.54, 1.807) is 24.3 Å². The van der Waals surface area contributed by atoms with Gasteiger partial charge in [0.05, 0.1) is 29.6 Å². The number of anilines is 1. The smallest absolute Gasteiger partial charge is 0.416 e. The molecule has 38 heavy (non-hydrogen) atoms. The fraction of sp³-hybridized carbons (Fsp3) is 0.192. The van der Waals surface area contributed by atoms with Gasteiger partial charge in [0.25, 0.3) is 0 Å². The summed E-state index contributed by atoms with van der Waals surface area (Å²) in [7, 11) is -4.49. The zero-order chi connectivity index (χ0) is 27.3. The van der Waals surface area contributed by atoms with Crippen molar-refractivity contribution in [2.75, 3.05) is 11.9 Å². The van der Waals surface area contributed by atoms with Crippen molar-refractivity contribution >= 4 is 15.7 Å². The van der Waals surface area contributed by atoms with Gasteiger partial charge in [0.2, 0.25) is 15.9 Å². The van der Waals surface area contributed by atoms with Crippen LogP contribution in [0.1, 0.15) is 16.8 Å². The first-order valence-electron chi connectivity index (χ1n) is 11.4. The van der Waals surface area contributed by atoms with E-state index in [1.165, 1.54) is 30.5 Å². The van der Waals surface area contributed by atoms with Gasteiger partial charge >= 0.3 is 6.18 Å². The second kappa shape index (κ2) is 11.3. The molecule has 0 fully saturated rings. The van der Waals surface area contributed by atoms with Crippen LogP contribution in [0.5, 0.6) is 0 Å². The molecule has 0 saturated heterocycles. The minimum atomic E-state index is -4.78. The number of oxazole rings is 1. The summed E-state index contributed by atoms with van der Waals surface area (Å²) in [4.78, 5) is 3.67. The number of hydrogen-bond donors (Lipinski definition) is 3. The molecule has 4 rings (SSSR count). The van der Waals surface area contributed by atoms with E-state index in [0.29, 0.717) is 23.2 Å². The van der Waals surface area contributed by atoms with Crippen LogP contribution in [0.2, 0.25) is 0 Å². The Balaban J connectivity index is 1.50. The molecule has 0 spiro atoms. The number of nitrogens with one attached hydrogen (secondary N) is 2. The highest BCUT2D eigenvalue weighted by Crippen LogP contribution is 2.34. The quantitative estimate of drug-likeness (QED) is 0.241. The molecule has 0 saturated carbocycles. The standard InChI is InChI=1S/C26H23F4N3O4S/c27-20-9-6-17(7-10-20)12-22(34)15-32-38(35,36)24-13-19(26(28,29)30)8-11-23(24)31-14-21-16-37-25(33-21)18-4-2-1-3-5-18/h1-11,13,16,22,31-32,34H,12,14-15H2. The third-order valence-electron chi connectivity index (χ3n) is 5.52. The van der Waals surface area contributed by atoms with Gasteiger partial charge in [0.15, 0.2) is 0 Å². The number of aliphatic hydroxyl groups is 1. The summed E-state index contributed by atoms with van der Waals surface area (Å²) in [6, 6.07) is 16.6. The van der Waals surface area contributed by atoms with Gasteiger partial charge in [-0.2, -0.15) is 13.2 Å². The number of aliphatic hydroxyl groups excluding tert-OH is 1. The molecule has 0 aliphatic rings. The van der Waals surface area contributed by atoms with E-state index >= 15 is 0 Å². The minimum absolute atomic E-state index is 0.00635. The Morgan fingerprint density at radius 2 is 1.71 bits per heavy atom. The van der Waals surface area contributed by atoms with Crippen molar-refractivity contribution in [2.45, 2.75) is 30.1 Å². The molecule has 7 nitrogen and oxygen atoms in total. The fourth-order valence-electron chi connectivity index (χ4n) is 3.60. The average Bonchev–Trinajstić information content (AvgIpc) is 3.37. The number of benzene rings is 3. The first kappa shape index (κ1) is 27.3. The first-order valence-corrected chi connectivity index (χ1v) is 12.9. The van der Waals surface area contributed by atoms with Crippen LogP contribution in [0, 0.1) is 5.82 Å². The maximum absolute atomic E-state index is 13.4. The molecule has 12 heteroatoms. The van der Waals surface area contributed by atoms with E-state index in [9.17, 15) is 31.1 Å². The Labute approximate surface area is 216 Å². The third kappa shape index (κ3) is 6.97. The average molecular weight is 550 g/mol. The predicted octanol–water partition coefficient (Wildman–Crippen LogP) is 4.99. The molecule has 3 N–H and O–H groups in total. The number of hydrogen-bond acceptors (Lipinski definition) is 6. The third-order valence-corrected chi connectivity index (χ3v) is 6.99. The zero-order valence-electron chi connectivity index (χ0n) is 19.7. The highest BCUT2D eigenvalue weighted by atomic mass is 32.2. The number of nitrogens with zero attached hydrogens (tertiary/aromatic N) is 1. The first-order chi connectivity index (χ1) is 18.0. The summed E-state index contributed by atoms with van der Waals surface area (Å²) in [6.45, 7) is -0.503. The second-order valence-corrected chi connectivity index (χ2v) is 10.1. The summed E-state index contributed by atoms with van der Waals surface area (Å²) < 4.78 is 86.8. The monoisotopic (exact) mass is 549 g/mol. The van der Waals surface area contributed by atoms with Crippen molar-refractivity contribution in [3.63, 3.8) is 0 Å². The van der Waals surface area contributed by atoms with Gasteiger partial charge in [0.1, 0.15) is 17.0 Å². The fourth-order valence-corrected chi connectivity index (χ4v) is 4.88. The molecule has 0 aliphatic heterocycles. The molecule has 0 radical (unpaired) electrons. The highest BCUT2D eigenvalue weighted by Gasteiger charge is 2.33. The number of aromatic nitrogens is 1. The predicted molar refractivity (Wildman–Crippen MR) is 132 cm³/mol. The molecule has 0 bridgehead atoms. The topological polar surface area (TPSA) is 104 Å². The van der Waals surface area contributed by atoms with Crippen molar-refractivity contribution in [1.29, 1.82) is 0 Å². The van der Waals surface area contributed by atoms with Crippen molar-refractivity contribution in [3.05, 3.63) is 102 Å². The summed E-state index contributed by atoms with van der Waals surface area (Å²) in [5, 5.41) is 13.1. The van der Waals surface area contributed by atoms with Crippen molar-refractivity contribution in [1.82, 2.24) is 9.71 Å².